The molecule has 1 heterocycles. The van der Waals surface area contributed by atoms with E-state index in [2.05, 4.69) is 0 Å². The number of hydrogen-bond donors (Lipinski definition) is 1. The van der Waals surface area contributed by atoms with Crippen LogP contribution in [0, 0.1) is 0 Å². The Labute approximate surface area is 91.4 Å². The SMILES string of the molecule is O=C(O)C=CC(=O)n1ccc2ccccc21. The van der Waals surface area contributed by atoms with Gasteiger partial charge >= 0.3 is 5.97 Å². The van der Waals surface area contributed by atoms with Gasteiger partial charge in [-0.1, -0.05) is 18.2 Å². The van der Waals surface area contributed by atoms with Crippen LogP contribution < -0.4 is 0 Å². The van der Waals surface area contributed by atoms with Gasteiger partial charge in [0.1, 0.15) is 0 Å². The average Bonchev–Trinajstić information content (AvgIpc) is 2.69. The molecule has 0 aliphatic rings. The summed E-state index contributed by atoms with van der Waals surface area (Å²) in [6, 6.07) is 9.21. The van der Waals surface area contributed by atoms with Crippen LogP contribution >= 0.6 is 0 Å². The monoisotopic (exact) mass is 215 g/mol. The molecule has 4 heteroatoms. The molecule has 2 aromatic rings. The number of fused-ring (bicyclic) bond motifs is 1. The van der Waals surface area contributed by atoms with Gasteiger partial charge in [0.15, 0.2) is 0 Å². The summed E-state index contributed by atoms with van der Waals surface area (Å²) in [4.78, 5) is 21.9. The molecule has 0 unspecified atom stereocenters. The third-order valence-corrected chi connectivity index (χ3v) is 2.21. The van der Waals surface area contributed by atoms with Crippen molar-refractivity contribution >= 4 is 22.8 Å². The zero-order valence-electron chi connectivity index (χ0n) is 8.33. The molecule has 80 valence electrons. The van der Waals surface area contributed by atoms with Gasteiger partial charge in [-0.15, -0.1) is 0 Å². The number of carboxylic acid groups (broad SMARTS) is 1. The lowest BCUT2D eigenvalue weighted by Gasteiger charge is -1.98. The number of carbonyl (C=O) groups is 2. The highest BCUT2D eigenvalue weighted by molar-refractivity contribution is 6.00. The number of nitrogens with zero attached hydrogens (tertiary/aromatic N) is 1. The molecule has 0 atom stereocenters. The summed E-state index contributed by atoms with van der Waals surface area (Å²) < 4.78 is 1.41. The predicted octanol–water partition coefficient (Wildman–Crippen LogP) is 1.92. The van der Waals surface area contributed by atoms with Crippen LogP contribution in [0.15, 0.2) is 48.7 Å². The lowest BCUT2D eigenvalue weighted by Crippen LogP contribution is -2.06. The van der Waals surface area contributed by atoms with Crippen LogP contribution in [-0.2, 0) is 4.79 Å². The molecule has 1 aromatic heterocycles. The van der Waals surface area contributed by atoms with E-state index >= 15 is 0 Å². The molecule has 0 amide bonds. The second-order valence-corrected chi connectivity index (χ2v) is 3.25. The summed E-state index contributed by atoms with van der Waals surface area (Å²) in [5.41, 5.74) is 0.766. The van der Waals surface area contributed by atoms with Crippen molar-refractivity contribution in [2.75, 3.05) is 0 Å². The highest BCUT2D eigenvalue weighted by atomic mass is 16.4. The number of para-hydroxylation sites is 1. The molecule has 4 nitrogen and oxygen atoms in total. The van der Waals surface area contributed by atoms with Gasteiger partial charge in [-0.25, -0.2) is 4.79 Å². The van der Waals surface area contributed by atoms with Crippen molar-refractivity contribution in [3.8, 4) is 0 Å². The molecule has 0 radical (unpaired) electrons. The van der Waals surface area contributed by atoms with Crippen LogP contribution in [0.2, 0.25) is 0 Å². The molecule has 2 rings (SSSR count). The Morgan fingerprint density at radius 3 is 2.62 bits per heavy atom. The lowest BCUT2D eigenvalue weighted by atomic mass is 10.2. The lowest BCUT2D eigenvalue weighted by molar-refractivity contribution is -0.131. The Hall–Kier alpha value is -2.36. The zero-order chi connectivity index (χ0) is 11.5. The fraction of sp³-hybridized carbons (Fsp3) is 0. The molecule has 0 spiro atoms. The summed E-state index contributed by atoms with van der Waals surface area (Å²) in [5.74, 6) is -1.51. The van der Waals surface area contributed by atoms with Crippen molar-refractivity contribution < 1.29 is 14.7 Å². The van der Waals surface area contributed by atoms with E-state index in [0.29, 0.717) is 0 Å². The van der Waals surface area contributed by atoms with Gasteiger partial charge in [0.05, 0.1) is 5.52 Å². The number of rotatable bonds is 2. The standard InChI is InChI=1S/C12H9NO3/c14-11(5-6-12(15)16)13-8-7-9-3-1-2-4-10(9)13/h1-8H,(H,15,16). The maximum absolute atomic E-state index is 11.6. The highest BCUT2D eigenvalue weighted by Crippen LogP contribution is 2.14. The van der Waals surface area contributed by atoms with E-state index in [1.807, 2.05) is 30.3 Å². The maximum Gasteiger partial charge on any atom is 0.328 e. The van der Waals surface area contributed by atoms with Crippen LogP contribution in [0.3, 0.4) is 0 Å². The minimum atomic E-state index is -1.13. The van der Waals surface area contributed by atoms with E-state index in [0.717, 1.165) is 23.1 Å². The summed E-state index contributed by atoms with van der Waals surface area (Å²) in [5, 5.41) is 9.37. The van der Waals surface area contributed by atoms with Gasteiger partial charge in [0.2, 0.25) is 0 Å². The number of benzene rings is 1. The van der Waals surface area contributed by atoms with Gasteiger partial charge in [0, 0.05) is 23.7 Å². The van der Waals surface area contributed by atoms with E-state index in [4.69, 9.17) is 5.11 Å². The van der Waals surface area contributed by atoms with E-state index in [1.165, 1.54) is 4.57 Å². The maximum atomic E-state index is 11.6. The summed E-state index contributed by atoms with van der Waals surface area (Å²) in [6.07, 6.45) is 3.49. The molecule has 0 fully saturated rings. The number of carbonyl (C=O) groups excluding carboxylic acids is 1. The van der Waals surface area contributed by atoms with E-state index in [-0.39, 0.29) is 5.91 Å². The molecule has 1 aromatic carbocycles. The Morgan fingerprint density at radius 2 is 1.88 bits per heavy atom. The number of allylic oxidation sites excluding steroid dienone is 1. The molecule has 16 heavy (non-hydrogen) atoms. The van der Waals surface area contributed by atoms with Crippen LogP contribution in [0.1, 0.15) is 4.79 Å². The average molecular weight is 215 g/mol. The molecule has 0 aliphatic heterocycles. The van der Waals surface area contributed by atoms with Crippen LogP contribution in [0.25, 0.3) is 10.9 Å². The van der Waals surface area contributed by atoms with Gasteiger partial charge in [0.25, 0.3) is 5.91 Å². The Balaban J connectivity index is 2.40. The van der Waals surface area contributed by atoms with Gasteiger partial charge in [-0.2, -0.15) is 0 Å². The van der Waals surface area contributed by atoms with E-state index < -0.39 is 5.97 Å². The summed E-state index contributed by atoms with van der Waals surface area (Å²) in [7, 11) is 0. The largest absolute Gasteiger partial charge is 0.478 e. The predicted molar refractivity (Wildman–Crippen MR) is 59.3 cm³/mol. The van der Waals surface area contributed by atoms with Crippen molar-refractivity contribution in [3.05, 3.63) is 48.7 Å². The van der Waals surface area contributed by atoms with Crippen molar-refractivity contribution in [3.63, 3.8) is 0 Å². The van der Waals surface area contributed by atoms with Crippen LogP contribution in [-0.4, -0.2) is 21.6 Å². The van der Waals surface area contributed by atoms with Crippen molar-refractivity contribution in [2.45, 2.75) is 0 Å². The third-order valence-electron chi connectivity index (χ3n) is 2.21. The number of aliphatic carboxylic acids is 1. The minimum absolute atomic E-state index is 0.372. The molecule has 1 N–H and O–H groups in total. The molecular formula is C12H9NO3. The van der Waals surface area contributed by atoms with Crippen molar-refractivity contribution in [2.24, 2.45) is 0 Å². The third kappa shape index (κ3) is 1.86. The number of carboxylic acids is 1. The number of hydrogen-bond acceptors (Lipinski definition) is 2. The fourth-order valence-corrected chi connectivity index (χ4v) is 1.50. The molecule has 0 bridgehead atoms. The topological polar surface area (TPSA) is 59.3 Å². The first-order valence-corrected chi connectivity index (χ1v) is 4.70. The molecule has 0 aliphatic carbocycles. The van der Waals surface area contributed by atoms with Crippen molar-refractivity contribution in [1.29, 1.82) is 0 Å². The van der Waals surface area contributed by atoms with Crippen molar-refractivity contribution in [1.82, 2.24) is 4.57 Å². The zero-order valence-corrected chi connectivity index (χ0v) is 8.33. The van der Waals surface area contributed by atoms with Gasteiger partial charge in [-0.05, 0) is 12.1 Å². The number of aromatic nitrogens is 1. The Bertz CT molecular complexity index is 581. The smallest absolute Gasteiger partial charge is 0.328 e. The van der Waals surface area contributed by atoms with E-state index in [1.54, 1.807) is 6.20 Å². The molecule has 0 saturated heterocycles. The van der Waals surface area contributed by atoms with Crippen LogP contribution in [0.5, 0.6) is 0 Å². The second kappa shape index (κ2) is 4.02. The van der Waals surface area contributed by atoms with Gasteiger partial charge < -0.3 is 5.11 Å². The normalized spacial score (nSPS) is 11.0. The van der Waals surface area contributed by atoms with Crippen LogP contribution in [0.4, 0.5) is 0 Å². The Morgan fingerprint density at radius 1 is 1.12 bits per heavy atom. The Kier molecular flexibility index (Phi) is 2.55. The summed E-state index contributed by atoms with van der Waals surface area (Å²) in [6.45, 7) is 0. The van der Waals surface area contributed by atoms with E-state index in [9.17, 15) is 9.59 Å². The molecular weight excluding hydrogens is 206 g/mol. The molecule has 0 saturated carbocycles. The minimum Gasteiger partial charge on any atom is -0.478 e. The first-order valence-electron chi connectivity index (χ1n) is 4.70. The first kappa shape index (κ1) is 10.2. The quantitative estimate of drug-likeness (QED) is 0.778. The summed E-state index contributed by atoms with van der Waals surface area (Å²) >= 11 is 0. The second-order valence-electron chi connectivity index (χ2n) is 3.25. The van der Waals surface area contributed by atoms with Gasteiger partial charge in [-0.3, -0.25) is 9.36 Å². The highest BCUT2D eigenvalue weighted by Gasteiger charge is 2.05. The fourth-order valence-electron chi connectivity index (χ4n) is 1.50. The first-order chi connectivity index (χ1) is 7.68.